The van der Waals surface area contributed by atoms with Crippen LogP contribution in [0.1, 0.15) is 106 Å². The number of carbonyl (C=O) groups is 5. The first-order valence-corrected chi connectivity index (χ1v) is 31.6. The highest BCUT2D eigenvalue weighted by Gasteiger charge is 2.45. The van der Waals surface area contributed by atoms with Crippen molar-refractivity contribution in [2.45, 2.75) is 117 Å². The van der Waals surface area contributed by atoms with Crippen LogP contribution in [0, 0.1) is 18.3 Å². The summed E-state index contributed by atoms with van der Waals surface area (Å²) in [5.74, 6) is -0.222. The number of alkyl halides is 2. The third-order valence-corrected chi connectivity index (χ3v) is 17.9. The summed E-state index contributed by atoms with van der Waals surface area (Å²) in [6.45, 7) is 14.8. The van der Waals surface area contributed by atoms with Crippen molar-refractivity contribution in [1.29, 1.82) is 0 Å². The van der Waals surface area contributed by atoms with Gasteiger partial charge in [0, 0.05) is 94.1 Å². The lowest BCUT2D eigenvalue weighted by Gasteiger charge is -2.35. The van der Waals surface area contributed by atoms with Crippen molar-refractivity contribution in [1.82, 2.24) is 55.2 Å². The van der Waals surface area contributed by atoms with Gasteiger partial charge in [0.05, 0.1) is 87.7 Å². The zero-order chi connectivity index (χ0) is 62.5. The lowest BCUT2D eigenvalue weighted by Crippen LogP contribution is -2.58. The molecule has 3 aromatic heterocycles. The molecule has 88 heavy (non-hydrogen) atoms. The average molecular weight is 1240 g/mol. The molecule has 6 amide bonds. The van der Waals surface area contributed by atoms with Crippen LogP contribution >= 0.6 is 11.3 Å². The minimum Gasteiger partial charge on any atom is -0.377 e. The van der Waals surface area contributed by atoms with Gasteiger partial charge < -0.3 is 59.2 Å². The van der Waals surface area contributed by atoms with Gasteiger partial charge in [-0.2, -0.15) is 10.2 Å². The fourth-order valence-corrected chi connectivity index (χ4v) is 12.9. The molecule has 0 bridgehead atoms. The van der Waals surface area contributed by atoms with Gasteiger partial charge in [-0.3, -0.25) is 28.5 Å². The molecule has 22 nitrogen and oxygen atoms in total. The Hall–Kier alpha value is -6.90. The van der Waals surface area contributed by atoms with Gasteiger partial charge in [-0.15, -0.1) is 11.3 Å². The van der Waals surface area contributed by atoms with Gasteiger partial charge >= 0.3 is 6.03 Å². The molecule has 0 spiro atoms. The Balaban J connectivity index is 0.634. The number of aryl methyl sites for hydroxylation is 3. The number of likely N-dealkylation sites (tertiary alicyclic amines) is 2. The maximum absolute atomic E-state index is 14.8. The van der Waals surface area contributed by atoms with Crippen molar-refractivity contribution in [2.75, 3.05) is 111 Å². The standard InChI is InChI=1S/C63H86F2N12O10S/c1-8-42-30-53(60(80)67-33-43-11-13-44(14-12-43)56-41(2)68-40-88-56)76(35-42)61(81)57(63(3,4)5)70-54(78)38-86-28-26-84-24-22-83-23-25-85-27-29-87-39-55(79)73-19-15-47(16-20-73)77-51-17-21-74(62(82)66-6)37-50(51)59(71-77)75-18-9-10-45-31-48(46-34-69-72(7)36-46)49(58(64)65)32-52(45)75/h11-14,31-32,34,36,40,42,47,53,57-58H,8-10,15-30,33,35,37-39H2,1-7H3,(H,66,82)(H,67,80)(H,70,78)/t42?,53-,57+/m0/s1. The number of hydrogen-bond acceptors (Lipinski definition) is 15. The lowest BCUT2D eigenvalue weighted by atomic mass is 9.85. The van der Waals surface area contributed by atoms with Gasteiger partial charge in [0.2, 0.25) is 23.6 Å². The second-order valence-corrected chi connectivity index (χ2v) is 24.9. The van der Waals surface area contributed by atoms with E-state index < -0.39 is 29.8 Å². The Morgan fingerprint density at radius 3 is 2.14 bits per heavy atom. The van der Waals surface area contributed by atoms with Crippen LogP contribution in [-0.2, 0) is 75.8 Å². The minimum absolute atomic E-state index is 0.00285. The summed E-state index contributed by atoms with van der Waals surface area (Å²) >= 11 is 1.59. The summed E-state index contributed by atoms with van der Waals surface area (Å²) in [7, 11) is 3.37. The SMILES string of the molecule is CCC1C[C@@H](C(=O)NCc2ccc(-c3scnc3C)cc2)N(C(=O)[C@@H](NC(=O)COCCOCCOCCOCCOCC(=O)N2CCC(n3nc(N4CCCc5cc(-c6cnn(C)c6)c(C(F)F)cc54)c4c3CCN(C(=O)NC)C4)CC2)C(C)(C)C)C1. The molecule has 3 N–H and O–H groups in total. The maximum Gasteiger partial charge on any atom is 0.317 e. The summed E-state index contributed by atoms with van der Waals surface area (Å²) in [6.07, 6.45) is 5.46. The first-order chi connectivity index (χ1) is 42.4. The molecule has 0 aliphatic carbocycles. The molecule has 0 saturated carbocycles. The van der Waals surface area contributed by atoms with Crippen molar-refractivity contribution >= 4 is 52.5 Å². The number of rotatable bonds is 27. The number of hydrogen-bond donors (Lipinski definition) is 3. The van der Waals surface area contributed by atoms with Crippen LogP contribution in [0.25, 0.3) is 21.6 Å². The van der Waals surface area contributed by atoms with E-state index in [1.54, 1.807) is 58.4 Å². The Labute approximate surface area is 517 Å². The molecule has 478 valence electrons. The first-order valence-electron chi connectivity index (χ1n) is 30.7. The molecule has 5 aromatic rings. The number of thiazole rings is 1. The smallest absolute Gasteiger partial charge is 0.317 e. The molecule has 25 heteroatoms. The van der Waals surface area contributed by atoms with Gasteiger partial charge in [-0.1, -0.05) is 58.4 Å². The zero-order valence-electron chi connectivity index (χ0n) is 51.8. The molecule has 1 unspecified atom stereocenters. The van der Waals surface area contributed by atoms with E-state index in [4.69, 9.17) is 28.8 Å². The largest absolute Gasteiger partial charge is 0.377 e. The Morgan fingerprint density at radius 2 is 1.52 bits per heavy atom. The van der Waals surface area contributed by atoms with Gasteiger partial charge in [-0.25, -0.2) is 18.6 Å². The highest BCUT2D eigenvalue weighted by atomic mass is 32.1. The number of amides is 6. The third-order valence-electron chi connectivity index (χ3n) is 16.9. The van der Waals surface area contributed by atoms with Gasteiger partial charge in [-0.05, 0) is 84.7 Å². The predicted molar refractivity (Wildman–Crippen MR) is 328 cm³/mol. The van der Waals surface area contributed by atoms with Crippen LogP contribution < -0.4 is 20.9 Å². The Kier molecular flexibility index (Phi) is 22.7. The van der Waals surface area contributed by atoms with E-state index in [1.165, 1.54) is 0 Å². The molecule has 3 atom stereocenters. The lowest BCUT2D eigenvalue weighted by molar-refractivity contribution is -0.144. The van der Waals surface area contributed by atoms with Crippen LogP contribution in [0.15, 0.2) is 54.3 Å². The number of nitrogens with zero attached hydrogens (tertiary/aromatic N) is 9. The molecule has 2 aromatic carbocycles. The highest BCUT2D eigenvalue weighted by molar-refractivity contribution is 7.13. The quantitative estimate of drug-likeness (QED) is 0.0444. The van der Waals surface area contributed by atoms with E-state index in [-0.39, 0.29) is 80.9 Å². The zero-order valence-corrected chi connectivity index (χ0v) is 52.6. The normalized spacial score (nSPS) is 17.5. The van der Waals surface area contributed by atoms with Gasteiger partial charge in [0.15, 0.2) is 5.82 Å². The summed E-state index contributed by atoms with van der Waals surface area (Å²) < 4.78 is 61.4. The Morgan fingerprint density at radius 1 is 0.841 bits per heavy atom. The van der Waals surface area contributed by atoms with Crippen LogP contribution in [0.3, 0.4) is 0 Å². The van der Waals surface area contributed by atoms with Crippen molar-refractivity contribution < 1.29 is 56.4 Å². The summed E-state index contributed by atoms with van der Waals surface area (Å²) in [6, 6.07) is 9.78. The number of carbonyl (C=O) groups excluding carboxylic acids is 5. The van der Waals surface area contributed by atoms with E-state index in [9.17, 15) is 32.8 Å². The molecular formula is C63H86F2N12O10S. The number of nitrogens with one attached hydrogen (secondary N) is 3. The van der Waals surface area contributed by atoms with E-state index >= 15 is 0 Å². The van der Waals surface area contributed by atoms with Crippen LogP contribution in [0.5, 0.6) is 0 Å². The van der Waals surface area contributed by atoms with Gasteiger partial charge in [0.1, 0.15) is 25.3 Å². The fourth-order valence-electron chi connectivity index (χ4n) is 12.1. The molecule has 4 aliphatic rings. The first kappa shape index (κ1) is 65.5. The molecule has 2 fully saturated rings. The van der Waals surface area contributed by atoms with Crippen molar-refractivity contribution in [2.24, 2.45) is 18.4 Å². The second-order valence-electron chi connectivity index (χ2n) is 24.1. The minimum atomic E-state index is -2.71. The van der Waals surface area contributed by atoms with E-state index in [2.05, 4.69) is 42.5 Å². The topological polar surface area (TPSA) is 229 Å². The number of anilines is 2. The summed E-state index contributed by atoms with van der Waals surface area (Å²) in [5, 5.41) is 18.2. The monoisotopic (exact) mass is 1240 g/mol. The number of urea groups is 1. The fraction of sp³-hybridized carbons (Fsp3) is 0.587. The van der Waals surface area contributed by atoms with Crippen molar-refractivity contribution in [3.8, 4) is 21.6 Å². The molecular weight excluding hydrogens is 1150 g/mol. The predicted octanol–water partition coefficient (Wildman–Crippen LogP) is 7.16. The number of aromatic nitrogens is 5. The average Bonchev–Trinajstić information content (AvgIpc) is 1.72. The summed E-state index contributed by atoms with van der Waals surface area (Å²) in [5.41, 5.74) is 8.81. The van der Waals surface area contributed by atoms with Crippen molar-refractivity contribution in [3.05, 3.63) is 87.9 Å². The van der Waals surface area contributed by atoms with Crippen molar-refractivity contribution in [3.63, 3.8) is 0 Å². The number of piperidine rings is 1. The van der Waals surface area contributed by atoms with Crippen LogP contribution in [-0.4, -0.2) is 187 Å². The molecule has 2 saturated heterocycles. The molecule has 4 aliphatic heterocycles. The molecule has 0 radical (unpaired) electrons. The van der Waals surface area contributed by atoms with E-state index in [1.807, 2.05) is 68.4 Å². The maximum atomic E-state index is 14.8. The number of fused-ring (bicyclic) bond motifs is 2. The number of halogens is 2. The van der Waals surface area contributed by atoms with Crippen LogP contribution in [0.4, 0.5) is 25.1 Å². The second kappa shape index (κ2) is 30.5. The molecule has 9 rings (SSSR count). The number of ether oxygens (including phenoxy) is 5. The van der Waals surface area contributed by atoms with E-state index in [0.29, 0.717) is 121 Å². The van der Waals surface area contributed by atoms with Gasteiger partial charge in [0.25, 0.3) is 6.43 Å². The molecule has 7 heterocycles. The number of benzene rings is 2. The Bertz CT molecular complexity index is 3180. The summed E-state index contributed by atoms with van der Waals surface area (Å²) in [4.78, 5) is 79.9. The third kappa shape index (κ3) is 16.3. The highest BCUT2D eigenvalue weighted by Crippen LogP contribution is 2.44. The van der Waals surface area contributed by atoms with Crippen LogP contribution in [0.2, 0.25) is 0 Å². The van der Waals surface area contributed by atoms with E-state index in [0.717, 1.165) is 57.8 Å².